The molecule has 0 bridgehead atoms. The molecule has 0 saturated heterocycles. The number of hydrogen-bond acceptors (Lipinski definition) is 4. The Bertz CT molecular complexity index is 798. The summed E-state index contributed by atoms with van der Waals surface area (Å²) in [5.41, 5.74) is 2.99. The standard InChI is InChI=1S/C20H25ClN2O4/c1-13(24)22-6-5-16-14(11-22)9-15(21)10-17(16)18-12-26-8-7-23(18)19(25)27-20(2,3)4/h9-10,12H,5-8,11H2,1-4H3. The van der Waals surface area contributed by atoms with Crippen LogP contribution in [-0.2, 0) is 27.2 Å². The summed E-state index contributed by atoms with van der Waals surface area (Å²) >= 11 is 6.36. The Balaban J connectivity index is 1.98. The third kappa shape index (κ3) is 4.38. The van der Waals surface area contributed by atoms with Gasteiger partial charge < -0.3 is 14.4 Å². The fraction of sp³-hybridized carbons (Fsp3) is 0.500. The molecule has 2 aliphatic rings. The van der Waals surface area contributed by atoms with Crippen molar-refractivity contribution < 1.29 is 19.1 Å². The van der Waals surface area contributed by atoms with Crippen LogP contribution in [0.3, 0.4) is 0 Å². The van der Waals surface area contributed by atoms with Crippen molar-refractivity contribution in [3.05, 3.63) is 40.1 Å². The van der Waals surface area contributed by atoms with Crippen LogP contribution < -0.4 is 0 Å². The fourth-order valence-corrected chi connectivity index (χ4v) is 3.58. The number of ether oxygens (including phenoxy) is 2. The maximum Gasteiger partial charge on any atom is 0.415 e. The van der Waals surface area contributed by atoms with Gasteiger partial charge in [-0.3, -0.25) is 9.69 Å². The molecular weight excluding hydrogens is 368 g/mol. The van der Waals surface area contributed by atoms with Gasteiger partial charge in [0.15, 0.2) is 0 Å². The summed E-state index contributed by atoms with van der Waals surface area (Å²) in [6.07, 6.45) is 1.88. The summed E-state index contributed by atoms with van der Waals surface area (Å²) in [5.74, 6) is 0.0396. The minimum Gasteiger partial charge on any atom is -0.497 e. The lowest BCUT2D eigenvalue weighted by atomic mass is 9.92. The van der Waals surface area contributed by atoms with E-state index in [0.29, 0.717) is 43.4 Å². The average Bonchev–Trinajstić information content (AvgIpc) is 2.58. The lowest BCUT2D eigenvalue weighted by molar-refractivity contribution is -0.129. The topological polar surface area (TPSA) is 59.1 Å². The van der Waals surface area contributed by atoms with Gasteiger partial charge in [-0.05, 0) is 50.5 Å². The average molecular weight is 393 g/mol. The minimum absolute atomic E-state index is 0.0396. The second kappa shape index (κ2) is 7.43. The molecule has 0 spiro atoms. The van der Waals surface area contributed by atoms with Gasteiger partial charge in [0, 0.05) is 30.6 Å². The van der Waals surface area contributed by atoms with Gasteiger partial charge in [0.05, 0.1) is 12.2 Å². The molecule has 6 nitrogen and oxygen atoms in total. The largest absolute Gasteiger partial charge is 0.497 e. The zero-order valence-electron chi connectivity index (χ0n) is 16.2. The van der Waals surface area contributed by atoms with Gasteiger partial charge in [0.1, 0.15) is 18.5 Å². The molecule has 1 aromatic carbocycles. The summed E-state index contributed by atoms with van der Waals surface area (Å²) in [6.45, 7) is 9.05. The summed E-state index contributed by atoms with van der Waals surface area (Å²) in [7, 11) is 0. The first-order valence-electron chi connectivity index (χ1n) is 9.05. The molecule has 0 N–H and O–H groups in total. The number of rotatable bonds is 1. The molecule has 0 saturated carbocycles. The van der Waals surface area contributed by atoms with Crippen LogP contribution in [0, 0.1) is 0 Å². The first-order valence-corrected chi connectivity index (χ1v) is 9.43. The van der Waals surface area contributed by atoms with Crippen LogP contribution in [0.25, 0.3) is 5.70 Å². The Morgan fingerprint density at radius 1 is 1.22 bits per heavy atom. The molecule has 2 aliphatic heterocycles. The smallest absolute Gasteiger partial charge is 0.415 e. The zero-order chi connectivity index (χ0) is 19.8. The molecule has 1 aromatic rings. The van der Waals surface area contributed by atoms with Crippen LogP contribution in [-0.4, -0.2) is 47.1 Å². The predicted molar refractivity (Wildman–Crippen MR) is 103 cm³/mol. The van der Waals surface area contributed by atoms with Gasteiger partial charge in [-0.15, -0.1) is 0 Å². The zero-order valence-corrected chi connectivity index (χ0v) is 16.9. The first-order chi connectivity index (χ1) is 12.7. The number of hydrogen-bond donors (Lipinski definition) is 0. The molecular formula is C20H25ClN2O4. The number of halogens is 1. The highest BCUT2D eigenvalue weighted by atomic mass is 35.5. The van der Waals surface area contributed by atoms with E-state index in [1.165, 1.54) is 0 Å². The summed E-state index contributed by atoms with van der Waals surface area (Å²) < 4.78 is 11.1. The van der Waals surface area contributed by atoms with Gasteiger partial charge in [-0.1, -0.05) is 11.6 Å². The van der Waals surface area contributed by atoms with Gasteiger partial charge in [0.2, 0.25) is 5.91 Å². The van der Waals surface area contributed by atoms with Gasteiger partial charge >= 0.3 is 6.09 Å². The van der Waals surface area contributed by atoms with E-state index in [4.69, 9.17) is 21.1 Å². The Labute approximate surface area is 164 Å². The molecule has 0 radical (unpaired) electrons. The van der Waals surface area contributed by atoms with E-state index in [1.54, 1.807) is 23.0 Å². The van der Waals surface area contributed by atoms with Crippen molar-refractivity contribution in [1.29, 1.82) is 0 Å². The van der Waals surface area contributed by atoms with Crippen LogP contribution in [0.5, 0.6) is 0 Å². The molecule has 146 valence electrons. The Kier molecular flexibility index (Phi) is 5.38. The van der Waals surface area contributed by atoms with E-state index < -0.39 is 11.7 Å². The third-order valence-corrected chi connectivity index (χ3v) is 4.77. The maximum atomic E-state index is 12.7. The number of carbonyl (C=O) groups excluding carboxylic acids is 2. The third-order valence-electron chi connectivity index (χ3n) is 4.55. The predicted octanol–water partition coefficient (Wildman–Crippen LogP) is 3.81. The molecule has 3 rings (SSSR count). The molecule has 0 aromatic heterocycles. The first kappa shape index (κ1) is 19.5. The second-order valence-corrected chi connectivity index (χ2v) is 8.22. The highest BCUT2D eigenvalue weighted by Gasteiger charge is 2.31. The quantitative estimate of drug-likeness (QED) is 0.729. The molecule has 0 atom stereocenters. The molecule has 7 heteroatoms. The number of fused-ring (bicyclic) bond motifs is 1. The van der Waals surface area contributed by atoms with Crippen molar-refractivity contribution >= 4 is 29.3 Å². The molecule has 0 unspecified atom stereocenters. The van der Waals surface area contributed by atoms with E-state index in [9.17, 15) is 9.59 Å². The Morgan fingerprint density at radius 2 is 1.96 bits per heavy atom. The molecule has 0 fully saturated rings. The van der Waals surface area contributed by atoms with Crippen LogP contribution in [0.15, 0.2) is 18.4 Å². The molecule has 2 amide bonds. The highest BCUT2D eigenvalue weighted by Crippen LogP contribution is 2.34. The Morgan fingerprint density at radius 3 is 2.63 bits per heavy atom. The Hall–Kier alpha value is -2.21. The minimum atomic E-state index is -0.587. The van der Waals surface area contributed by atoms with Crippen molar-refractivity contribution in [2.24, 2.45) is 0 Å². The second-order valence-electron chi connectivity index (χ2n) is 7.79. The monoisotopic (exact) mass is 392 g/mol. The van der Waals surface area contributed by atoms with E-state index in [1.807, 2.05) is 32.9 Å². The van der Waals surface area contributed by atoms with Gasteiger partial charge in [-0.25, -0.2) is 4.79 Å². The van der Waals surface area contributed by atoms with E-state index >= 15 is 0 Å². The molecule has 0 aliphatic carbocycles. The van der Waals surface area contributed by atoms with Crippen LogP contribution in [0.1, 0.15) is 44.4 Å². The van der Waals surface area contributed by atoms with Crippen molar-refractivity contribution in [2.75, 3.05) is 19.7 Å². The van der Waals surface area contributed by atoms with E-state index in [2.05, 4.69) is 0 Å². The van der Waals surface area contributed by atoms with Crippen molar-refractivity contribution in [2.45, 2.75) is 46.3 Å². The SMILES string of the molecule is CC(=O)N1CCc2c(cc(Cl)cc2C2=COCCN2C(=O)OC(C)(C)C)C1. The van der Waals surface area contributed by atoms with Crippen LogP contribution in [0.4, 0.5) is 4.79 Å². The fourth-order valence-electron chi connectivity index (χ4n) is 3.34. The van der Waals surface area contributed by atoms with E-state index in [-0.39, 0.29) is 5.91 Å². The molecule has 2 heterocycles. The number of benzene rings is 1. The maximum absolute atomic E-state index is 12.7. The van der Waals surface area contributed by atoms with Gasteiger partial charge in [-0.2, -0.15) is 0 Å². The summed E-state index contributed by atoms with van der Waals surface area (Å²) in [4.78, 5) is 27.8. The number of carbonyl (C=O) groups is 2. The van der Waals surface area contributed by atoms with Crippen LogP contribution in [0.2, 0.25) is 5.02 Å². The van der Waals surface area contributed by atoms with Crippen LogP contribution >= 0.6 is 11.6 Å². The lowest BCUT2D eigenvalue weighted by Gasteiger charge is -2.34. The van der Waals surface area contributed by atoms with E-state index in [0.717, 1.165) is 16.7 Å². The van der Waals surface area contributed by atoms with Crippen molar-refractivity contribution in [3.63, 3.8) is 0 Å². The normalized spacial score (nSPS) is 17.0. The molecule has 27 heavy (non-hydrogen) atoms. The number of nitrogens with zero attached hydrogens (tertiary/aromatic N) is 2. The highest BCUT2D eigenvalue weighted by molar-refractivity contribution is 6.30. The number of amides is 2. The summed E-state index contributed by atoms with van der Waals surface area (Å²) in [5, 5.41) is 0.560. The van der Waals surface area contributed by atoms with Crippen molar-refractivity contribution in [3.8, 4) is 0 Å². The lowest BCUT2D eigenvalue weighted by Crippen LogP contribution is -2.40. The van der Waals surface area contributed by atoms with Crippen molar-refractivity contribution in [1.82, 2.24) is 9.80 Å². The van der Waals surface area contributed by atoms with Gasteiger partial charge in [0.25, 0.3) is 0 Å². The summed E-state index contributed by atoms with van der Waals surface area (Å²) in [6, 6.07) is 3.74.